The third-order valence-electron chi connectivity index (χ3n) is 4.05. The summed E-state index contributed by atoms with van der Waals surface area (Å²) in [7, 11) is 0. The van der Waals surface area contributed by atoms with Gasteiger partial charge in [0.1, 0.15) is 6.33 Å². The Balaban J connectivity index is 2.03. The largest absolute Gasteiger partial charge is 0.353 e. The predicted molar refractivity (Wildman–Crippen MR) is 102 cm³/mol. The van der Waals surface area contributed by atoms with Gasteiger partial charge in [-0.15, -0.1) is 0 Å². The lowest BCUT2D eigenvalue weighted by Gasteiger charge is -2.13. The number of hydrogen-bond donors (Lipinski definition) is 2. The molecule has 0 spiro atoms. The van der Waals surface area contributed by atoms with Gasteiger partial charge in [-0.1, -0.05) is 30.3 Å². The number of rotatable bonds is 5. The Labute approximate surface area is 151 Å². The Morgan fingerprint density at radius 2 is 1.50 bits per heavy atom. The van der Waals surface area contributed by atoms with Crippen molar-refractivity contribution in [3.63, 3.8) is 0 Å². The van der Waals surface area contributed by atoms with E-state index < -0.39 is 4.92 Å². The Morgan fingerprint density at radius 1 is 0.885 bits per heavy atom. The van der Waals surface area contributed by atoms with Gasteiger partial charge in [-0.3, -0.25) is 10.1 Å². The molecule has 2 aromatic carbocycles. The molecule has 0 atom stereocenters. The summed E-state index contributed by atoms with van der Waals surface area (Å²) in [6.45, 7) is 5.82. The van der Waals surface area contributed by atoms with Crippen LogP contribution in [0.5, 0.6) is 0 Å². The van der Waals surface area contributed by atoms with E-state index >= 15 is 0 Å². The van der Waals surface area contributed by atoms with Gasteiger partial charge >= 0.3 is 5.69 Å². The molecule has 0 fully saturated rings. The average molecular weight is 349 g/mol. The molecule has 0 radical (unpaired) electrons. The maximum Gasteiger partial charge on any atom is 0.353 e. The lowest BCUT2D eigenvalue weighted by Crippen LogP contribution is -2.06. The number of benzene rings is 2. The van der Waals surface area contributed by atoms with E-state index in [0.29, 0.717) is 0 Å². The van der Waals surface area contributed by atoms with Gasteiger partial charge in [0.15, 0.2) is 0 Å². The van der Waals surface area contributed by atoms with Gasteiger partial charge < -0.3 is 10.6 Å². The van der Waals surface area contributed by atoms with Crippen molar-refractivity contribution in [1.82, 2.24) is 9.97 Å². The molecule has 2 N–H and O–H groups in total. The van der Waals surface area contributed by atoms with Crippen LogP contribution in [0.1, 0.15) is 16.7 Å². The van der Waals surface area contributed by atoms with E-state index in [-0.39, 0.29) is 17.3 Å². The number of para-hydroxylation sites is 1. The van der Waals surface area contributed by atoms with Crippen LogP contribution in [0.3, 0.4) is 0 Å². The van der Waals surface area contributed by atoms with Gasteiger partial charge in [0.05, 0.1) is 4.92 Å². The fourth-order valence-electron chi connectivity index (χ4n) is 2.57. The number of nitrogens with zero attached hydrogens (tertiary/aromatic N) is 3. The molecule has 0 amide bonds. The fraction of sp³-hybridized carbons (Fsp3) is 0.158. The second-order valence-electron chi connectivity index (χ2n) is 6.06. The molecule has 132 valence electrons. The molecule has 26 heavy (non-hydrogen) atoms. The first kappa shape index (κ1) is 17.3. The number of aryl methyl sites for hydroxylation is 3. The van der Waals surface area contributed by atoms with Crippen molar-refractivity contribution in [2.75, 3.05) is 10.6 Å². The first-order chi connectivity index (χ1) is 12.5. The standard InChI is InChI=1S/C19H19N5O2/c1-12-8-9-14(3)16(10-12)23-19-17(24(25)26)18(20-11-21-19)22-15-7-5-4-6-13(15)2/h4-11H,1-3H3,(H2,20,21,22,23). The van der Waals surface area contributed by atoms with Gasteiger partial charge in [-0.25, -0.2) is 9.97 Å². The van der Waals surface area contributed by atoms with Crippen LogP contribution in [0.25, 0.3) is 0 Å². The molecule has 3 rings (SSSR count). The number of nitrogens with one attached hydrogen (secondary N) is 2. The van der Waals surface area contributed by atoms with E-state index in [9.17, 15) is 10.1 Å². The van der Waals surface area contributed by atoms with E-state index in [1.165, 1.54) is 6.33 Å². The molecule has 3 aromatic rings. The van der Waals surface area contributed by atoms with Crippen LogP contribution in [0, 0.1) is 30.9 Å². The van der Waals surface area contributed by atoms with Gasteiger partial charge in [-0.05, 0) is 49.6 Å². The van der Waals surface area contributed by atoms with Crippen molar-refractivity contribution in [2.24, 2.45) is 0 Å². The molecule has 0 saturated heterocycles. The Morgan fingerprint density at radius 3 is 2.15 bits per heavy atom. The second kappa shape index (κ2) is 7.18. The van der Waals surface area contributed by atoms with Crippen molar-refractivity contribution in [2.45, 2.75) is 20.8 Å². The van der Waals surface area contributed by atoms with Crippen LogP contribution in [0.4, 0.5) is 28.7 Å². The molecule has 7 heteroatoms. The number of anilines is 4. The zero-order chi connectivity index (χ0) is 18.7. The number of aromatic nitrogens is 2. The molecular weight excluding hydrogens is 330 g/mol. The smallest absolute Gasteiger partial charge is 0.334 e. The number of hydrogen-bond acceptors (Lipinski definition) is 6. The van der Waals surface area contributed by atoms with Crippen LogP contribution >= 0.6 is 0 Å². The van der Waals surface area contributed by atoms with Crippen molar-refractivity contribution < 1.29 is 4.92 Å². The van der Waals surface area contributed by atoms with Gasteiger partial charge in [-0.2, -0.15) is 0 Å². The summed E-state index contributed by atoms with van der Waals surface area (Å²) in [5, 5.41) is 17.8. The van der Waals surface area contributed by atoms with Gasteiger partial charge in [0.25, 0.3) is 0 Å². The zero-order valence-corrected chi connectivity index (χ0v) is 14.8. The van der Waals surface area contributed by atoms with Crippen molar-refractivity contribution in [3.05, 3.63) is 75.6 Å². The highest BCUT2D eigenvalue weighted by molar-refractivity contribution is 5.78. The van der Waals surface area contributed by atoms with Crippen LogP contribution in [0.15, 0.2) is 48.8 Å². The molecule has 0 aliphatic rings. The van der Waals surface area contributed by atoms with Crippen molar-refractivity contribution in [1.29, 1.82) is 0 Å². The highest BCUT2D eigenvalue weighted by atomic mass is 16.6. The summed E-state index contributed by atoms with van der Waals surface area (Å²) in [5.41, 5.74) is 4.31. The predicted octanol–water partition coefficient (Wildman–Crippen LogP) is 4.80. The topological polar surface area (TPSA) is 93.0 Å². The molecule has 1 aromatic heterocycles. The average Bonchev–Trinajstić information content (AvgIpc) is 2.60. The van der Waals surface area contributed by atoms with E-state index in [0.717, 1.165) is 28.1 Å². The van der Waals surface area contributed by atoms with E-state index in [4.69, 9.17) is 0 Å². The summed E-state index contributed by atoms with van der Waals surface area (Å²) in [4.78, 5) is 19.4. The maximum absolute atomic E-state index is 11.7. The van der Waals surface area contributed by atoms with E-state index in [2.05, 4.69) is 20.6 Å². The Bertz CT molecular complexity index is 972. The molecule has 0 saturated carbocycles. The Kier molecular flexibility index (Phi) is 4.79. The first-order valence-electron chi connectivity index (χ1n) is 8.12. The minimum absolute atomic E-state index is 0.145. The quantitative estimate of drug-likeness (QED) is 0.508. The Hall–Kier alpha value is -3.48. The lowest BCUT2D eigenvalue weighted by molar-refractivity contribution is -0.383. The molecular formula is C19H19N5O2. The molecule has 7 nitrogen and oxygen atoms in total. The van der Waals surface area contributed by atoms with Crippen molar-refractivity contribution >= 4 is 28.7 Å². The molecule has 0 aliphatic carbocycles. The minimum Gasteiger partial charge on any atom is -0.334 e. The molecule has 1 heterocycles. The molecule has 0 aliphatic heterocycles. The SMILES string of the molecule is Cc1ccc(C)c(Nc2ncnc(Nc3ccccc3C)c2[N+](=O)[O-])c1. The van der Waals surface area contributed by atoms with Gasteiger partial charge in [0.2, 0.25) is 11.6 Å². The van der Waals surface area contributed by atoms with Crippen LogP contribution in [0.2, 0.25) is 0 Å². The summed E-state index contributed by atoms with van der Waals surface area (Å²) < 4.78 is 0. The lowest BCUT2D eigenvalue weighted by atomic mass is 10.1. The minimum atomic E-state index is -0.478. The van der Waals surface area contributed by atoms with E-state index in [1.807, 2.05) is 63.2 Å². The second-order valence-corrected chi connectivity index (χ2v) is 6.06. The van der Waals surface area contributed by atoms with Crippen molar-refractivity contribution in [3.8, 4) is 0 Å². The highest BCUT2D eigenvalue weighted by Gasteiger charge is 2.24. The van der Waals surface area contributed by atoms with Crippen LogP contribution < -0.4 is 10.6 Å². The summed E-state index contributed by atoms with van der Waals surface area (Å²) in [5.74, 6) is 0.293. The molecule has 0 bridgehead atoms. The zero-order valence-electron chi connectivity index (χ0n) is 14.8. The normalized spacial score (nSPS) is 10.4. The van der Waals surface area contributed by atoms with E-state index in [1.54, 1.807) is 0 Å². The van der Waals surface area contributed by atoms with Crippen LogP contribution in [-0.2, 0) is 0 Å². The van der Waals surface area contributed by atoms with Gasteiger partial charge in [0, 0.05) is 11.4 Å². The monoisotopic (exact) mass is 349 g/mol. The van der Waals surface area contributed by atoms with Crippen LogP contribution in [-0.4, -0.2) is 14.9 Å². The third-order valence-corrected chi connectivity index (χ3v) is 4.05. The number of nitro groups is 1. The maximum atomic E-state index is 11.7. The fourth-order valence-corrected chi connectivity index (χ4v) is 2.57. The highest BCUT2D eigenvalue weighted by Crippen LogP contribution is 2.34. The molecule has 0 unspecified atom stereocenters. The third kappa shape index (κ3) is 3.61. The summed E-state index contributed by atoms with van der Waals surface area (Å²) >= 11 is 0. The summed E-state index contributed by atoms with van der Waals surface area (Å²) in [6.07, 6.45) is 1.31. The summed E-state index contributed by atoms with van der Waals surface area (Å²) in [6, 6.07) is 13.4. The first-order valence-corrected chi connectivity index (χ1v) is 8.12.